The van der Waals surface area contributed by atoms with Crippen LogP contribution in [0.4, 0.5) is 0 Å². The van der Waals surface area contributed by atoms with E-state index in [0.717, 1.165) is 6.42 Å². The van der Waals surface area contributed by atoms with Crippen LogP contribution < -0.4 is 0 Å². The summed E-state index contributed by atoms with van der Waals surface area (Å²) < 4.78 is 4.74. The summed E-state index contributed by atoms with van der Waals surface area (Å²) in [6.07, 6.45) is 2.01. The smallest absolute Gasteiger partial charge is 0.323 e. The van der Waals surface area contributed by atoms with E-state index < -0.39 is 0 Å². The van der Waals surface area contributed by atoms with Crippen molar-refractivity contribution in [3.05, 3.63) is 0 Å². The van der Waals surface area contributed by atoms with Crippen LogP contribution in [0, 0.1) is 22.7 Å². The average Bonchev–Trinajstić information content (AvgIpc) is 2.94. The molecule has 1 aliphatic rings. The maximum absolute atomic E-state index is 12.3. The van der Waals surface area contributed by atoms with Crippen LogP contribution in [-0.4, -0.2) is 61.0 Å². The van der Waals surface area contributed by atoms with Gasteiger partial charge in [-0.1, -0.05) is 0 Å². The molecular weight excluding hydrogens is 272 g/mol. The van der Waals surface area contributed by atoms with Crippen LogP contribution in [0.1, 0.15) is 25.7 Å². The van der Waals surface area contributed by atoms with Crippen molar-refractivity contribution in [3.8, 4) is 12.1 Å². The second-order valence-electron chi connectivity index (χ2n) is 4.85. The van der Waals surface area contributed by atoms with Crippen LogP contribution >= 0.6 is 0 Å². The normalized spacial score (nSPS) is 17.8. The Morgan fingerprint density at radius 3 is 2.43 bits per heavy atom. The molecule has 0 aromatic rings. The molecule has 1 rings (SSSR count). The van der Waals surface area contributed by atoms with Gasteiger partial charge in [0.15, 0.2) is 0 Å². The van der Waals surface area contributed by atoms with Crippen LogP contribution in [0.2, 0.25) is 0 Å². The molecule has 1 heterocycles. The molecule has 7 heteroatoms. The van der Waals surface area contributed by atoms with Crippen molar-refractivity contribution in [2.24, 2.45) is 0 Å². The van der Waals surface area contributed by atoms with Crippen LogP contribution in [-0.2, 0) is 14.3 Å². The number of likely N-dealkylation sites (tertiary alicyclic amines) is 1. The van der Waals surface area contributed by atoms with Crippen LogP contribution in [0.3, 0.4) is 0 Å². The predicted octanol–water partition coefficient (Wildman–Crippen LogP) is 0.280. The Labute approximate surface area is 124 Å². The first-order chi connectivity index (χ1) is 10.1. The van der Waals surface area contributed by atoms with E-state index in [1.165, 1.54) is 12.0 Å². The predicted molar refractivity (Wildman–Crippen MR) is 73.7 cm³/mol. The highest BCUT2D eigenvalue weighted by molar-refractivity contribution is 5.81. The molecule has 0 aliphatic carbocycles. The van der Waals surface area contributed by atoms with E-state index in [-0.39, 0.29) is 37.3 Å². The first kappa shape index (κ1) is 16.9. The van der Waals surface area contributed by atoms with Crippen molar-refractivity contribution in [3.63, 3.8) is 0 Å². The van der Waals surface area contributed by atoms with E-state index in [0.29, 0.717) is 26.1 Å². The Bertz CT molecular complexity index is 434. The van der Waals surface area contributed by atoms with Crippen molar-refractivity contribution in [1.29, 1.82) is 10.5 Å². The molecule has 114 valence electrons. The quantitative estimate of drug-likeness (QED) is 0.625. The largest absolute Gasteiger partial charge is 0.468 e. The fourth-order valence-electron chi connectivity index (χ4n) is 2.42. The number of esters is 1. The maximum atomic E-state index is 12.3. The number of rotatable bonds is 7. The Hall–Kier alpha value is -2.12. The lowest BCUT2D eigenvalue weighted by atomic mass is 10.2. The highest BCUT2D eigenvalue weighted by Crippen LogP contribution is 2.18. The molecule has 1 amide bonds. The number of carbonyl (C=O) groups is 2. The molecule has 0 saturated carbocycles. The minimum absolute atomic E-state index is 0.122. The summed E-state index contributed by atoms with van der Waals surface area (Å²) in [5.74, 6) is -0.475. The highest BCUT2D eigenvalue weighted by Gasteiger charge is 2.33. The van der Waals surface area contributed by atoms with Gasteiger partial charge in [-0.3, -0.25) is 14.5 Å². The molecule has 0 N–H and O–H groups in total. The Balaban J connectivity index is 2.60. The SMILES string of the molecule is COC(=O)C1CCCN1CC(=O)N(CCC#N)CCC#N. The van der Waals surface area contributed by atoms with E-state index in [9.17, 15) is 9.59 Å². The van der Waals surface area contributed by atoms with Crippen molar-refractivity contribution in [1.82, 2.24) is 9.80 Å². The van der Waals surface area contributed by atoms with Gasteiger partial charge < -0.3 is 9.64 Å². The zero-order chi connectivity index (χ0) is 15.7. The summed E-state index contributed by atoms with van der Waals surface area (Å²) >= 11 is 0. The van der Waals surface area contributed by atoms with E-state index in [1.54, 1.807) is 4.90 Å². The average molecular weight is 292 g/mol. The fourth-order valence-corrected chi connectivity index (χ4v) is 2.42. The summed E-state index contributed by atoms with van der Waals surface area (Å²) in [5, 5.41) is 17.3. The van der Waals surface area contributed by atoms with Crippen LogP contribution in [0.25, 0.3) is 0 Å². The van der Waals surface area contributed by atoms with Gasteiger partial charge in [-0.15, -0.1) is 0 Å². The van der Waals surface area contributed by atoms with Gasteiger partial charge in [0.1, 0.15) is 6.04 Å². The van der Waals surface area contributed by atoms with E-state index in [1.807, 2.05) is 12.1 Å². The minimum Gasteiger partial charge on any atom is -0.468 e. The molecule has 7 nitrogen and oxygen atoms in total. The zero-order valence-electron chi connectivity index (χ0n) is 12.2. The lowest BCUT2D eigenvalue weighted by Gasteiger charge is -2.26. The number of hydrogen-bond donors (Lipinski definition) is 0. The third kappa shape index (κ3) is 5.05. The van der Waals surface area contributed by atoms with Crippen molar-refractivity contribution < 1.29 is 14.3 Å². The molecule has 0 spiro atoms. The third-order valence-corrected chi connectivity index (χ3v) is 3.52. The standard InChI is InChI=1S/C14H20N4O3/c1-21-14(20)12-5-2-8-18(12)11-13(19)17(9-3-6-15)10-4-7-16/h12H,2-5,8-11H2,1H3. The second kappa shape index (κ2) is 8.93. The minimum atomic E-state index is -0.368. The van der Waals surface area contributed by atoms with Gasteiger partial charge in [0.25, 0.3) is 0 Å². The van der Waals surface area contributed by atoms with E-state index in [2.05, 4.69) is 0 Å². The molecule has 0 radical (unpaired) electrons. The first-order valence-corrected chi connectivity index (χ1v) is 6.97. The van der Waals surface area contributed by atoms with Crippen molar-refractivity contribution in [2.45, 2.75) is 31.7 Å². The Morgan fingerprint density at radius 1 is 1.29 bits per heavy atom. The number of amides is 1. The van der Waals surface area contributed by atoms with Gasteiger partial charge in [0, 0.05) is 13.1 Å². The number of nitriles is 2. The summed E-state index contributed by atoms with van der Waals surface area (Å²) in [6, 6.07) is 3.62. The summed E-state index contributed by atoms with van der Waals surface area (Å²) in [4.78, 5) is 27.2. The zero-order valence-corrected chi connectivity index (χ0v) is 12.2. The number of nitrogens with zero attached hydrogens (tertiary/aromatic N) is 4. The molecule has 0 aromatic heterocycles. The molecule has 21 heavy (non-hydrogen) atoms. The molecule has 1 aliphatic heterocycles. The van der Waals surface area contributed by atoms with Gasteiger partial charge >= 0.3 is 5.97 Å². The number of ether oxygens (including phenoxy) is 1. The van der Waals surface area contributed by atoms with Crippen molar-refractivity contribution >= 4 is 11.9 Å². The Morgan fingerprint density at radius 2 is 1.90 bits per heavy atom. The van der Waals surface area contributed by atoms with Gasteiger partial charge in [0.2, 0.25) is 5.91 Å². The first-order valence-electron chi connectivity index (χ1n) is 6.97. The number of carbonyl (C=O) groups excluding carboxylic acids is 2. The molecule has 1 unspecified atom stereocenters. The topological polar surface area (TPSA) is 97.4 Å². The maximum Gasteiger partial charge on any atom is 0.323 e. The van der Waals surface area contributed by atoms with Gasteiger partial charge in [-0.2, -0.15) is 10.5 Å². The van der Waals surface area contributed by atoms with Gasteiger partial charge in [-0.25, -0.2) is 0 Å². The molecular formula is C14H20N4O3. The fraction of sp³-hybridized carbons (Fsp3) is 0.714. The van der Waals surface area contributed by atoms with Gasteiger partial charge in [0.05, 0.1) is 38.6 Å². The Kier molecular flexibility index (Phi) is 7.20. The molecule has 0 aromatic carbocycles. The highest BCUT2D eigenvalue weighted by atomic mass is 16.5. The van der Waals surface area contributed by atoms with E-state index >= 15 is 0 Å². The molecule has 1 atom stereocenters. The number of hydrogen-bond acceptors (Lipinski definition) is 6. The summed E-state index contributed by atoms with van der Waals surface area (Å²) in [7, 11) is 1.34. The molecule has 0 bridgehead atoms. The van der Waals surface area contributed by atoms with Crippen LogP contribution in [0.15, 0.2) is 0 Å². The van der Waals surface area contributed by atoms with Gasteiger partial charge in [-0.05, 0) is 19.4 Å². The summed E-state index contributed by atoms with van der Waals surface area (Å²) in [6.45, 7) is 1.42. The van der Waals surface area contributed by atoms with Crippen molar-refractivity contribution in [2.75, 3.05) is 33.3 Å². The second-order valence-corrected chi connectivity index (χ2v) is 4.85. The molecule has 1 saturated heterocycles. The van der Waals surface area contributed by atoms with E-state index in [4.69, 9.17) is 15.3 Å². The lowest BCUT2D eigenvalue weighted by Crippen LogP contribution is -2.45. The number of methoxy groups -OCH3 is 1. The summed E-state index contributed by atoms with van der Waals surface area (Å²) in [5.41, 5.74) is 0. The monoisotopic (exact) mass is 292 g/mol. The molecule has 1 fully saturated rings. The van der Waals surface area contributed by atoms with Crippen LogP contribution in [0.5, 0.6) is 0 Å². The lowest BCUT2D eigenvalue weighted by molar-refractivity contribution is -0.146. The third-order valence-electron chi connectivity index (χ3n) is 3.52.